The molecule has 2 N–H and O–H groups in total. The van der Waals surface area contributed by atoms with Crippen LogP contribution in [0.4, 0.5) is 10.1 Å². The summed E-state index contributed by atoms with van der Waals surface area (Å²) < 4.78 is 19.5. The first-order valence-electron chi connectivity index (χ1n) is 9.01. The van der Waals surface area contributed by atoms with E-state index in [1.165, 1.54) is 12.3 Å². The number of aromatic nitrogens is 1. The number of benzene rings is 2. The lowest BCUT2D eigenvalue weighted by molar-refractivity contribution is 0.0947. The molecular formula is C21H19BrFN3O2. The summed E-state index contributed by atoms with van der Waals surface area (Å²) in [5, 5.41) is 7.64. The lowest BCUT2D eigenvalue weighted by Crippen LogP contribution is -2.27. The number of nitrogens with one attached hydrogen (secondary N) is 2. The van der Waals surface area contributed by atoms with E-state index in [9.17, 15) is 9.18 Å². The Morgan fingerprint density at radius 2 is 1.96 bits per heavy atom. The number of ether oxygens (including phenoxy) is 1. The molecule has 1 aliphatic carbocycles. The largest absolute Gasteiger partial charge is 0.497 e. The van der Waals surface area contributed by atoms with Crippen molar-refractivity contribution in [3.8, 4) is 5.75 Å². The number of anilines is 1. The van der Waals surface area contributed by atoms with E-state index >= 15 is 0 Å². The van der Waals surface area contributed by atoms with E-state index in [0.717, 1.165) is 29.5 Å². The third-order valence-electron chi connectivity index (χ3n) is 4.72. The van der Waals surface area contributed by atoms with Gasteiger partial charge in [0.05, 0.1) is 17.3 Å². The van der Waals surface area contributed by atoms with Crippen molar-refractivity contribution < 1.29 is 13.9 Å². The summed E-state index contributed by atoms with van der Waals surface area (Å²) in [6.07, 6.45) is 3.51. The SMILES string of the molecule is COc1ccc(CNc2c(C(=O)NC3CC3)ncc3c(Br)c(F)ccc23)cc1. The van der Waals surface area contributed by atoms with Crippen LogP contribution in [0.3, 0.4) is 0 Å². The summed E-state index contributed by atoms with van der Waals surface area (Å²) in [7, 11) is 1.62. The molecule has 0 radical (unpaired) electrons. The molecule has 3 aromatic rings. The fraction of sp³-hybridized carbons (Fsp3) is 0.238. The second kappa shape index (κ2) is 7.75. The van der Waals surface area contributed by atoms with Crippen molar-refractivity contribution in [1.29, 1.82) is 0 Å². The van der Waals surface area contributed by atoms with Gasteiger partial charge < -0.3 is 15.4 Å². The molecule has 0 bridgehead atoms. The lowest BCUT2D eigenvalue weighted by Gasteiger charge is -2.15. The molecule has 1 heterocycles. The summed E-state index contributed by atoms with van der Waals surface area (Å²) in [5.74, 6) is 0.187. The van der Waals surface area contributed by atoms with Crippen LogP contribution in [-0.4, -0.2) is 24.0 Å². The van der Waals surface area contributed by atoms with Crippen molar-refractivity contribution in [3.05, 3.63) is 64.1 Å². The Morgan fingerprint density at radius 1 is 1.21 bits per heavy atom. The molecule has 1 aliphatic rings. The Bertz CT molecular complexity index is 1040. The first-order valence-corrected chi connectivity index (χ1v) is 9.80. The first-order chi connectivity index (χ1) is 13.6. The third kappa shape index (κ3) is 3.80. The molecule has 1 amide bonds. The number of carbonyl (C=O) groups excluding carboxylic acids is 1. The predicted octanol–water partition coefficient (Wildman–Crippen LogP) is 4.65. The van der Waals surface area contributed by atoms with Gasteiger partial charge in [-0.05, 0) is 58.6 Å². The van der Waals surface area contributed by atoms with Crippen LogP contribution in [0.25, 0.3) is 10.8 Å². The Hall–Kier alpha value is -2.67. The van der Waals surface area contributed by atoms with E-state index in [0.29, 0.717) is 27.8 Å². The normalized spacial score (nSPS) is 13.4. The van der Waals surface area contributed by atoms with E-state index < -0.39 is 0 Å². The third-order valence-corrected chi connectivity index (χ3v) is 5.52. The fourth-order valence-electron chi connectivity index (χ4n) is 3.00. The number of nitrogens with zero attached hydrogens (tertiary/aromatic N) is 1. The van der Waals surface area contributed by atoms with Crippen LogP contribution >= 0.6 is 15.9 Å². The number of halogens is 2. The zero-order valence-electron chi connectivity index (χ0n) is 15.3. The van der Waals surface area contributed by atoms with Crippen LogP contribution in [0.15, 0.2) is 47.1 Å². The maximum absolute atomic E-state index is 14.0. The van der Waals surface area contributed by atoms with Gasteiger partial charge in [0.25, 0.3) is 5.91 Å². The van der Waals surface area contributed by atoms with Crippen LogP contribution < -0.4 is 15.4 Å². The van der Waals surface area contributed by atoms with Gasteiger partial charge in [0, 0.05) is 29.6 Å². The molecule has 0 unspecified atom stereocenters. The smallest absolute Gasteiger partial charge is 0.272 e. The van der Waals surface area contributed by atoms with Gasteiger partial charge in [-0.1, -0.05) is 12.1 Å². The van der Waals surface area contributed by atoms with Crippen molar-refractivity contribution in [3.63, 3.8) is 0 Å². The highest BCUT2D eigenvalue weighted by molar-refractivity contribution is 9.10. The minimum Gasteiger partial charge on any atom is -0.497 e. The minimum atomic E-state index is -0.370. The van der Waals surface area contributed by atoms with Crippen molar-refractivity contribution in [2.24, 2.45) is 0 Å². The molecule has 0 aliphatic heterocycles. The van der Waals surface area contributed by atoms with Gasteiger partial charge in [-0.3, -0.25) is 4.79 Å². The molecule has 7 heteroatoms. The van der Waals surface area contributed by atoms with Crippen molar-refractivity contribution in [1.82, 2.24) is 10.3 Å². The number of carbonyl (C=O) groups is 1. The average Bonchev–Trinajstić information content (AvgIpc) is 3.53. The Labute approximate surface area is 170 Å². The summed E-state index contributed by atoms with van der Waals surface area (Å²) in [5.41, 5.74) is 1.92. The van der Waals surface area contributed by atoms with Gasteiger partial charge >= 0.3 is 0 Å². The van der Waals surface area contributed by atoms with Crippen LogP contribution in [-0.2, 0) is 6.54 Å². The van der Waals surface area contributed by atoms with Gasteiger partial charge in [0.1, 0.15) is 11.6 Å². The lowest BCUT2D eigenvalue weighted by atomic mass is 10.1. The second-order valence-electron chi connectivity index (χ2n) is 6.75. The number of rotatable bonds is 6. The summed E-state index contributed by atoms with van der Waals surface area (Å²) >= 11 is 3.28. The molecule has 0 saturated heterocycles. The van der Waals surface area contributed by atoms with Crippen molar-refractivity contribution in [2.45, 2.75) is 25.4 Å². The topological polar surface area (TPSA) is 63.2 Å². The molecule has 2 aromatic carbocycles. The van der Waals surface area contributed by atoms with Crippen molar-refractivity contribution >= 4 is 38.3 Å². The minimum absolute atomic E-state index is 0.220. The molecule has 1 saturated carbocycles. The number of hydrogen-bond donors (Lipinski definition) is 2. The molecule has 28 heavy (non-hydrogen) atoms. The molecule has 5 nitrogen and oxygen atoms in total. The number of methoxy groups -OCH3 is 1. The Balaban J connectivity index is 1.70. The second-order valence-corrected chi connectivity index (χ2v) is 7.55. The summed E-state index contributed by atoms with van der Waals surface area (Å²) in [4.78, 5) is 17.0. The quantitative estimate of drug-likeness (QED) is 0.581. The van der Waals surface area contributed by atoms with Crippen LogP contribution in [0.2, 0.25) is 0 Å². The van der Waals surface area contributed by atoms with Crippen molar-refractivity contribution in [2.75, 3.05) is 12.4 Å². The van der Waals surface area contributed by atoms with Crippen LogP contribution in [0, 0.1) is 5.82 Å². The number of hydrogen-bond acceptors (Lipinski definition) is 4. The highest BCUT2D eigenvalue weighted by Crippen LogP contribution is 2.33. The van der Waals surface area contributed by atoms with E-state index in [-0.39, 0.29) is 17.8 Å². The maximum Gasteiger partial charge on any atom is 0.272 e. The van der Waals surface area contributed by atoms with E-state index in [1.807, 2.05) is 24.3 Å². The Morgan fingerprint density at radius 3 is 2.64 bits per heavy atom. The molecule has 1 aromatic heterocycles. The van der Waals surface area contributed by atoms with Crippen LogP contribution in [0.1, 0.15) is 28.9 Å². The molecular weight excluding hydrogens is 425 g/mol. The molecule has 144 valence electrons. The molecule has 1 fully saturated rings. The van der Waals surface area contributed by atoms with E-state index in [4.69, 9.17) is 4.74 Å². The van der Waals surface area contributed by atoms with Gasteiger partial charge in [-0.25, -0.2) is 9.37 Å². The van der Waals surface area contributed by atoms with Gasteiger partial charge in [0.15, 0.2) is 5.69 Å². The zero-order chi connectivity index (χ0) is 19.7. The Kier molecular flexibility index (Phi) is 5.17. The molecule has 4 rings (SSSR count). The summed E-state index contributed by atoms with van der Waals surface area (Å²) in [6.45, 7) is 0.490. The highest BCUT2D eigenvalue weighted by Gasteiger charge is 2.26. The monoisotopic (exact) mass is 443 g/mol. The highest BCUT2D eigenvalue weighted by atomic mass is 79.9. The van der Waals surface area contributed by atoms with E-state index in [1.54, 1.807) is 13.2 Å². The average molecular weight is 444 g/mol. The molecule has 0 spiro atoms. The van der Waals surface area contributed by atoms with Gasteiger partial charge in [-0.2, -0.15) is 0 Å². The zero-order valence-corrected chi connectivity index (χ0v) is 16.8. The maximum atomic E-state index is 14.0. The fourth-order valence-corrected chi connectivity index (χ4v) is 3.45. The molecule has 0 atom stereocenters. The van der Waals surface area contributed by atoms with Gasteiger partial charge in [0.2, 0.25) is 0 Å². The number of amides is 1. The van der Waals surface area contributed by atoms with Crippen LogP contribution in [0.5, 0.6) is 5.75 Å². The van der Waals surface area contributed by atoms with Gasteiger partial charge in [-0.15, -0.1) is 0 Å². The predicted molar refractivity (Wildman–Crippen MR) is 110 cm³/mol. The van der Waals surface area contributed by atoms with E-state index in [2.05, 4.69) is 31.5 Å². The number of fused-ring (bicyclic) bond motifs is 1. The number of pyridine rings is 1. The standard InChI is InChI=1S/C21H19BrFN3O2/c1-28-14-6-2-12(3-7-14)10-24-19-15-8-9-17(23)18(22)16(15)11-25-20(19)21(27)26-13-4-5-13/h2-3,6-9,11,13,24H,4-5,10H2,1H3,(H,26,27). The summed E-state index contributed by atoms with van der Waals surface area (Å²) in [6, 6.07) is 10.9. The first kappa shape index (κ1) is 18.7.